The highest BCUT2D eigenvalue weighted by Gasteiger charge is 2.35. The molecule has 1 aliphatic heterocycles. The highest BCUT2D eigenvalue weighted by Crippen LogP contribution is 2.35. The van der Waals surface area contributed by atoms with Crippen molar-refractivity contribution in [3.63, 3.8) is 0 Å². The van der Waals surface area contributed by atoms with E-state index in [2.05, 4.69) is 26.0 Å². The minimum Gasteiger partial charge on any atom is -0.463 e. The van der Waals surface area contributed by atoms with Crippen LogP contribution in [0.2, 0.25) is 0 Å². The lowest BCUT2D eigenvalue weighted by molar-refractivity contribution is -0.138. The third kappa shape index (κ3) is 4.85. The summed E-state index contributed by atoms with van der Waals surface area (Å²) in [4.78, 5) is 32.8. The normalized spacial score (nSPS) is 15.5. The Hall–Kier alpha value is -4.03. The average Bonchev–Trinajstić information content (AvgIpc) is 3.23. The molecule has 0 unspecified atom stereocenters. The molecule has 0 N–H and O–H groups in total. The van der Waals surface area contributed by atoms with Crippen molar-refractivity contribution in [1.82, 2.24) is 4.57 Å². The van der Waals surface area contributed by atoms with Gasteiger partial charge in [-0.15, -0.1) is 0 Å². The maximum absolute atomic E-state index is 13.9. The van der Waals surface area contributed by atoms with E-state index in [0.29, 0.717) is 26.5 Å². The van der Waals surface area contributed by atoms with E-state index < -0.39 is 12.0 Å². The number of thiazole rings is 1. The van der Waals surface area contributed by atoms with E-state index in [0.717, 1.165) is 16.7 Å². The minimum absolute atomic E-state index is 0.181. The number of hydrogen-bond acceptors (Lipinski definition) is 5. The van der Waals surface area contributed by atoms with Gasteiger partial charge >= 0.3 is 5.97 Å². The van der Waals surface area contributed by atoms with Gasteiger partial charge in [-0.3, -0.25) is 9.36 Å². The Labute approximate surface area is 219 Å². The summed E-state index contributed by atoms with van der Waals surface area (Å²) in [5, 5.41) is 0. The third-order valence-corrected chi connectivity index (χ3v) is 7.37. The summed E-state index contributed by atoms with van der Waals surface area (Å²) in [6.45, 7) is 6.28. The maximum atomic E-state index is 13.9. The molecule has 5 nitrogen and oxygen atoms in total. The summed E-state index contributed by atoms with van der Waals surface area (Å²) in [6, 6.07) is 26.8. The first kappa shape index (κ1) is 24.7. The summed E-state index contributed by atoms with van der Waals surface area (Å²) in [7, 11) is 0. The van der Waals surface area contributed by atoms with Gasteiger partial charge in [0.2, 0.25) is 0 Å². The lowest BCUT2D eigenvalue weighted by atomic mass is 9.91. The molecule has 0 radical (unpaired) electrons. The van der Waals surface area contributed by atoms with Crippen LogP contribution in [0.4, 0.5) is 0 Å². The number of benzene rings is 3. The van der Waals surface area contributed by atoms with Gasteiger partial charge in [-0.1, -0.05) is 110 Å². The molecular formula is C31H28N2O3S. The van der Waals surface area contributed by atoms with E-state index >= 15 is 0 Å². The van der Waals surface area contributed by atoms with Gasteiger partial charge < -0.3 is 4.74 Å². The van der Waals surface area contributed by atoms with Gasteiger partial charge in [0, 0.05) is 5.56 Å². The second kappa shape index (κ2) is 10.5. The summed E-state index contributed by atoms with van der Waals surface area (Å²) < 4.78 is 7.73. The Morgan fingerprint density at radius 2 is 1.65 bits per heavy atom. The van der Waals surface area contributed by atoms with Gasteiger partial charge in [0.1, 0.15) is 0 Å². The number of ether oxygens (including phenoxy) is 1. The fourth-order valence-electron chi connectivity index (χ4n) is 4.52. The zero-order valence-corrected chi connectivity index (χ0v) is 21.9. The van der Waals surface area contributed by atoms with E-state index in [9.17, 15) is 9.59 Å². The molecule has 0 fully saturated rings. The van der Waals surface area contributed by atoms with Gasteiger partial charge in [0.15, 0.2) is 4.80 Å². The van der Waals surface area contributed by atoms with Gasteiger partial charge in [-0.25, -0.2) is 9.79 Å². The lowest BCUT2D eigenvalue weighted by Gasteiger charge is -2.26. The maximum Gasteiger partial charge on any atom is 0.338 e. The van der Waals surface area contributed by atoms with Gasteiger partial charge in [0.25, 0.3) is 5.56 Å². The largest absolute Gasteiger partial charge is 0.463 e. The van der Waals surface area contributed by atoms with E-state index in [1.165, 1.54) is 16.9 Å². The SMILES string of the molecule is CCOC(=O)C1=C(c2ccccc2)N=c2s/c(=C\c3ccccc3)c(=O)n2[C@H]1c1ccc(C(C)C)cc1. The fraction of sp³-hybridized carbons (Fsp3) is 0.194. The smallest absolute Gasteiger partial charge is 0.338 e. The summed E-state index contributed by atoms with van der Waals surface area (Å²) >= 11 is 1.33. The van der Waals surface area contributed by atoms with Crippen molar-refractivity contribution in [3.05, 3.63) is 132 Å². The highest BCUT2D eigenvalue weighted by molar-refractivity contribution is 7.07. The topological polar surface area (TPSA) is 60.7 Å². The summed E-state index contributed by atoms with van der Waals surface area (Å²) in [5.74, 6) is -0.109. The van der Waals surface area contributed by atoms with Crippen molar-refractivity contribution < 1.29 is 9.53 Å². The zero-order valence-electron chi connectivity index (χ0n) is 21.0. The molecular weight excluding hydrogens is 480 g/mol. The molecule has 0 spiro atoms. The van der Waals surface area contributed by atoms with Crippen LogP contribution in [-0.2, 0) is 9.53 Å². The van der Waals surface area contributed by atoms with Crippen LogP contribution in [0.1, 0.15) is 55.0 Å². The molecule has 0 bridgehead atoms. The monoisotopic (exact) mass is 508 g/mol. The molecule has 1 aromatic heterocycles. The number of hydrogen-bond donors (Lipinski definition) is 0. The molecule has 0 aliphatic carbocycles. The molecule has 5 rings (SSSR count). The zero-order chi connectivity index (χ0) is 25.9. The first-order chi connectivity index (χ1) is 18.0. The molecule has 1 aliphatic rings. The van der Waals surface area contributed by atoms with Gasteiger partial charge in [0.05, 0.1) is 28.5 Å². The first-order valence-electron chi connectivity index (χ1n) is 12.4. The molecule has 37 heavy (non-hydrogen) atoms. The standard InChI is InChI=1S/C31H28N2O3S/c1-4-36-30(35)26-27(23-13-9-6-10-14-23)32-31-33(28(26)24-17-15-22(16-18-24)20(2)3)29(34)25(37-31)19-21-11-7-5-8-12-21/h5-20,28H,4H2,1-3H3/b25-19-/t28-/m0/s1. The quantitative estimate of drug-likeness (QED) is 0.342. The summed E-state index contributed by atoms with van der Waals surface area (Å²) in [5.41, 5.74) is 4.47. The van der Waals surface area contributed by atoms with Gasteiger partial charge in [-0.2, -0.15) is 0 Å². The third-order valence-electron chi connectivity index (χ3n) is 6.39. The Bertz CT molecular complexity index is 1630. The summed E-state index contributed by atoms with van der Waals surface area (Å²) in [6.07, 6.45) is 1.87. The molecule has 6 heteroatoms. The van der Waals surface area contributed by atoms with Crippen LogP contribution in [0.5, 0.6) is 0 Å². The Kier molecular flexibility index (Phi) is 7.01. The Morgan fingerprint density at radius 1 is 1.00 bits per heavy atom. The fourth-order valence-corrected chi connectivity index (χ4v) is 5.52. The molecule has 3 aromatic carbocycles. The van der Waals surface area contributed by atoms with Crippen LogP contribution < -0.4 is 14.9 Å². The van der Waals surface area contributed by atoms with E-state index in [-0.39, 0.29) is 12.2 Å². The number of nitrogens with zero attached hydrogens (tertiary/aromatic N) is 2. The van der Waals surface area contributed by atoms with Crippen LogP contribution in [0.3, 0.4) is 0 Å². The van der Waals surface area contributed by atoms with Gasteiger partial charge in [-0.05, 0) is 35.6 Å². The second-order valence-electron chi connectivity index (χ2n) is 9.16. The van der Waals surface area contributed by atoms with Crippen LogP contribution in [0, 0.1) is 0 Å². The van der Waals surface area contributed by atoms with Crippen molar-refractivity contribution in [2.45, 2.75) is 32.7 Å². The predicted molar refractivity (Wildman–Crippen MR) is 148 cm³/mol. The van der Waals surface area contributed by atoms with Crippen LogP contribution in [0.15, 0.2) is 100 Å². The van der Waals surface area contributed by atoms with E-state index in [4.69, 9.17) is 9.73 Å². The molecule has 186 valence electrons. The Balaban J connectivity index is 1.82. The van der Waals surface area contributed by atoms with Crippen LogP contribution in [-0.4, -0.2) is 17.1 Å². The first-order valence-corrected chi connectivity index (χ1v) is 13.2. The highest BCUT2D eigenvalue weighted by atomic mass is 32.1. The minimum atomic E-state index is -0.662. The number of fused-ring (bicyclic) bond motifs is 1. The average molecular weight is 509 g/mol. The predicted octanol–water partition coefficient (Wildman–Crippen LogP) is 5.06. The van der Waals surface area contributed by atoms with Crippen LogP contribution >= 0.6 is 11.3 Å². The van der Waals surface area contributed by atoms with Crippen molar-refractivity contribution in [2.75, 3.05) is 6.61 Å². The molecule has 0 amide bonds. The van der Waals surface area contributed by atoms with Crippen molar-refractivity contribution in [3.8, 4) is 0 Å². The second-order valence-corrected chi connectivity index (χ2v) is 10.2. The Morgan fingerprint density at radius 3 is 2.27 bits per heavy atom. The number of carbonyl (C=O) groups is 1. The number of carbonyl (C=O) groups excluding carboxylic acids is 1. The number of esters is 1. The van der Waals surface area contributed by atoms with Crippen molar-refractivity contribution in [1.29, 1.82) is 0 Å². The molecule has 0 saturated carbocycles. The van der Waals surface area contributed by atoms with Crippen LogP contribution in [0.25, 0.3) is 11.8 Å². The molecule has 1 atom stereocenters. The van der Waals surface area contributed by atoms with E-state index in [1.54, 1.807) is 11.5 Å². The molecule has 0 saturated heterocycles. The molecule has 2 heterocycles. The number of aromatic nitrogens is 1. The number of rotatable bonds is 6. The van der Waals surface area contributed by atoms with Crippen molar-refractivity contribution in [2.24, 2.45) is 4.99 Å². The van der Waals surface area contributed by atoms with Crippen molar-refractivity contribution >= 4 is 29.1 Å². The van der Waals surface area contributed by atoms with E-state index in [1.807, 2.05) is 78.9 Å². The lowest BCUT2D eigenvalue weighted by Crippen LogP contribution is -2.40. The molecule has 4 aromatic rings.